The number of hydrogen-bond donors (Lipinski definition) is 1. The fraction of sp³-hybridized carbons (Fsp3) is 0.333. The fourth-order valence-corrected chi connectivity index (χ4v) is 2.32. The fourth-order valence-electron chi connectivity index (χ4n) is 2.11. The van der Waals surface area contributed by atoms with Gasteiger partial charge in [-0.05, 0) is 31.0 Å². The maximum atomic E-state index is 11.1. The molecule has 1 atom stereocenters. The Morgan fingerprint density at radius 2 is 2.35 bits per heavy atom. The first-order chi connectivity index (χ1) is 8.13. The number of hydrogen-bond acceptors (Lipinski definition) is 3. The second kappa shape index (κ2) is 4.64. The van der Waals surface area contributed by atoms with Gasteiger partial charge in [0.05, 0.1) is 10.6 Å². The summed E-state index contributed by atoms with van der Waals surface area (Å²) < 4.78 is 0. The number of nitrogens with zero attached hydrogens (tertiary/aromatic N) is 2. The van der Waals surface area contributed by atoms with Crippen molar-refractivity contribution >= 4 is 23.3 Å². The van der Waals surface area contributed by atoms with E-state index in [1.807, 2.05) is 11.0 Å². The molecule has 0 amide bonds. The smallest absolute Gasteiger partial charge is 0.326 e. The quantitative estimate of drug-likeness (QED) is 0.875. The van der Waals surface area contributed by atoms with E-state index in [4.69, 9.17) is 22.0 Å². The average molecular weight is 251 g/mol. The average Bonchev–Trinajstić information content (AvgIpc) is 2.77. The van der Waals surface area contributed by atoms with Crippen LogP contribution in [0.1, 0.15) is 18.4 Å². The van der Waals surface area contributed by atoms with Gasteiger partial charge in [0.1, 0.15) is 12.1 Å². The Morgan fingerprint density at radius 1 is 1.59 bits per heavy atom. The Bertz CT molecular complexity index is 496. The highest BCUT2D eigenvalue weighted by Crippen LogP contribution is 2.29. The zero-order valence-corrected chi connectivity index (χ0v) is 9.81. The first kappa shape index (κ1) is 11.7. The third-order valence-corrected chi connectivity index (χ3v) is 3.26. The summed E-state index contributed by atoms with van der Waals surface area (Å²) in [5, 5.41) is 18.2. The second-order valence-electron chi connectivity index (χ2n) is 3.97. The van der Waals surface area contributed by atoms with E-state index >= 15 is 0 Å². The van der Waals surface area contributed by atoms with Crippen LogP contribution in [0.15, 0.2) is 18.2 Å². The van der Waals surface area contributed by atoms with Crippen LogP contribution >= 0.6 is 11.6 Å². The lowest BCUT2D eigenvalue weighted by Crippen LogP contribution is -2.35. The summed E-state index contributed by atoms with van der Waals surface area (Å²) in [5.41, 5.74) is 1.17. The first-order valence-corrected chi connectivity index (χ1v) is 5.70. The van der Waals surface area contributed by atoms with Gasteiger partial charge in [-0.2, -0.15) is 5.26 Å². The molecule has 0 spiro atoms. The zero-order valence-electron chi connectivity index (χ0n) is 9.06. The van der Waals surface area contributed by atoms with Crippen LogP contribution in [0.2, 0.25) is 5.02 Å². The first-order valence-electron chi connectivity index (χ1n) is 5.32. The minimum atomic E-state index is -0.817. The monoisotopic (exact) mass is 250 g/mol. The van der Waals surface area contributed by atoms with E-state index in [9.17, 15) is 4.79 Å². The normalized spacial score (nSPS) is 19.1. The molecule has 1 N–H and O–H groups in total. The summed E-state index contributed by atoms with van der Waals surface area (Å²) in [7, 11) is 0. The molecule has 1 aliphatic heterocycles. The number of carbonyl (C=O) groups is 1. The maximum Gasteiger partial charge on any atom is 0.326 e. The highest BCUT2D eigenvalue weighted by Gasteiger charge is 2.30. The van der Waals surface area contributed by atoms with E-state index < -0.39 is 12.0 Å². The van der Waals surface area contributed by atoms with Crippen LogP contribution in [0.3, 0.4) is 0 Å². The third-order valence-electron chi connectivity index (χ3n) is 2.94. The van der Waals surface area contributed by atoms with Gasteiger partial charge < -0.3 is 10.0 Å². The molecule has 1 saturated heterocycles. The summed E-state index contributed by atoms with van der Waals surface area (Å²) in [6.07, 6.45) is 1.50. The molecule has 4 nitrogen and oxygen atoms in total. The predicted molar refractivity (Wildman–Crippen MR) is 64.2 cm³/mol. The number of aliphatic carboxylic acids is 1. The Morgan fingerprint density at radius 3 is 2.94 bits per heavy atom. The lowest BCUT2D eigenvalue weighted by Gasteiger charge is -2.23. The van der Waals surface area contributed by atoms with Crippen LogP contribution in [-0.2, 0) is 4.79 Å². The molecule has 1 aromatic carbocycles. The van der Waals surface area contributed by atoms with E-state index in [1.165, 1.54) is 0 Å². The van der Waals surface area contributed by atoms with E-state index in [-0.39, 0.29) is 0 Å². The molecular weight excluding hydrogens is 240 g/mol. The molecule has 5 heteroatoms. The van der Waals surface area contributed by atoms with Gasteiger partial charge in [-0.1, -0.05) is 11.6 Å². The molecular formula is C12H11ClN2O2. The number of rotatable bonds is 2. The minimum absolute atomic E-state index is 0.362. The van der Waals surface area contributed by atoms with Crippen molar-refractivity contribution in [3.8, 4) is 6.07 Å². The maximum absolute atomic E-state index is 11.1. The lowest BCUT2D eigenvalue weighted by atomic mass is 10.2. The molecule has 1 aliphatic rings. The van der Waals surface area contributed by atoms with Crippen molar-refractivity contribution < 1.29 is 9.90 Å². The van der Waals surface area contributed by atoms with Crippen LogP contribution in [0.5, 0.6) is 0 Å². The largest absolute Gasteiger partial charge is 0.480 e. The van der Waals surface area contributed by atoms with E-state index in [0.29, 0.717) is 23.6 Å². The van der Waals surface area contributed by atoms with Gasteiger partial charge in [-0.25, -0.2) is 4.79 Å². The minimum Gasteiger partial charge on any atom is -0.480 e. The molecule has 0 aromatic heterocycles. The SMILES string of the molecule is N#Cc1ccc(N2CCC[C@@H]2C(=O)O)cc1Cl. The van der Waals surface area contributed by atoms with Crippen molar-refractivity contribution in [2.24, 2.45) is 0 Å². The van der Waals surface area contributed by atoms with Gasteiger partial charge in [0.2, 0.25) is 0 Å². The molecule has 1 heterocycles. The molecule has 2 rings (SSSR count). The molecule has 1 fully saturated rings. The summed E-state index contributed by atoms with van der Waals surface area (Å²) in [5.74, 6) is -0.817. The van der Waals surface area contributed by atoms with Crippen molar-refractivity contribution in [1.82, 2.24) is 0 Å². The van der Waals surface area contributed by atoms with Crippen LogP contribution < -0.4 is 4.90 Å². The number of halogens is 1. The molecule has 1 aromatic rings. The number of carboxylic acids is 1. The van der Waals surface area contributed by atoms with Crippen molar-refractivity contribution in [3.05, 3.63) is 28.8 Å². The van der Waals surface area contributed by atoms with Gasteiger partial charge in [-0.3, -0.25) is 0 Å². The third kappa shape index (κ3) is 2.20. The summed E-state index contributed by atoms with van der Waals surface area (Å²) in [4.78, 5) is 12.9. The van der Waals surface area contributed by atoms with Crippen molar-refractivity contribution in [2.45, 2.75) is 18.9 Å². The number of nitriles is 1. The Labute approximate surface area is 104 Å². The number of benzene rings is 1. The molecule has 0 radical (unpaired) electrons. The standard InChI is InChI=1S/C12H11ClN2O2/c13-10-6-9(4-3-8(10)7-14)15-5-1-2-11(15)12(16)17/h3-4,6,11H,1-2,5H2,(H,16,17)/t11-/m1/s1. The van der Waals surface area contributed by atoms with Crippen LogP contribution in [0.25, 0.3) is 0 Å². The van der Waals surface area contributed by atoms with Gasteiger partial charge in [0.15, 0.2) is 0 Å². The van der Waals surface area contributed by atoms with E-state index in [2.05, 4.69) is 0 Å². The van der Waals surface area contributed by atoms with Crippen LogP contribution in [-0.4, -0.2) is 23.7 Å². The highest BCUT2D eigenvalue weighted by molar-refractivity contribution is 6.32. The molecule has 17 heavy (non-hydrogen) atoms. The van der Waals surface area contributed by atoms with E-state index in [0.717, 1.165) is 12.1 Å². The second-order valence-corrected chi connectivity index (χ2v) is 4.37. The Balaban J connectivity index is 2.31. The van der Waals surface area contributed by atoms with Gasteiger partial charge in [0.25, 0.3) is 0 Å². The molecule has 0 unspecified atom stereocenters. The van der Waals surface area contributed by atoms with Crippen molar-refractivity contribution in [2.75, 3.05) is 11.4 Å². The molecule has 0 bridgehead atoms. The van der Waals surface area contributed by atoms with Gasteiger partial charge >= 0.3 is 5.97 Å². The van der Waals surface area contributed by atoms with Gasteiger partial charge in [0, 0.05) is 12.2 Å². The summed E-state index contributed by atoms with van der Waals surface area (Å²) >= 11 is 5.94. The van der Waals surface area contributed by atoms with Crippen LogP contribution in [0, 0.1) is 11.3 Å². The van der Waals surface area contributed by atoms with Gasteiger partial charge in [-0.15, -0.1) is 0 Å². The van der Waals surface area contributed by atoms with Crippen molar-refractivity contribution in [1.29, 1.82) is 5.26 Å². The number of carboxylic acid groups (broad SMARTS) is 1. The molecule has 0 aliphatic carbocycles. The van der Waals surface area contributed by atoms with E-state index in [1.54, 1.807) is 18.2 Å². The number of anilines is 1. The predicted octanol–water partition coefficient (Wildman–Crippen LogP) is 2.27. The Kier molecular flexibility index (Phi) is 3.21. The topological polar surface area (TPSA) is 64.3 Å². The lowest BCUT2D eigenvalue weighted by molar-refractivity contribution is -0.138. The summed E-state index contributed by atoms with van der Waals surface area (Å²) in [6, 6.07) is 6.51. The highest BCUT2D eigenvalue weighted by atomic mass is 35.5. The molecule has 88 valence electrons. The Hall–Kier alpha value is -1.73. The molecule has 0 saturated carbocycles. The summed E-state index contributed by atoms with van der Waals surface area (Å²) in [6.45, 7) is 0.708. The zero-order chi connectivity index (χ0) is 12.4. The van der Waals surface area contributed by atoms with Crippen molar-refractivity contribution in [3.63, 3.8) is 0 Å². The van der Waals surface area contributed by atoms with Crippen LogP contribution in [0.4, 0.5) is 5.69 Å².